The number of benzene rings is 2. The summed E-state index contributed by atoms with van der Waals surface area (Å²) in [6.07, 6.45) is 1.92. The molecule has 5 heteroatoms. The fraction of sp³-hybridized carbons (Fsp3) is 0.263. The lowest BCUT2D eigenvalue weighted by Crippen LogP contribution is -2.32. The molecule has 2 aromatic heterocycles. The minimum absolute atomic E-state index is 0.0459. The van der Waals surface area contributed by atoms with Crippen molar-refractivity contribution in [3.63, 3.8) is 0 Å². The Bertz CT molecular complexity index is 1070. The Morgan fingerprint density at radius 3 is 2.79 bits per heavy atom. The Morgan fingerprint density at radius 1 is 1.17 bits per heavy atom. The first-order valence-corrected chi connectivity index (χ1v) is 8.08. The SMILES string of the molecule is CC(C)(C)CNC(=O)c1ccc2nc3c(ccc4c[nH][nH]c43)c2c1. The quantitative estimate of drug-likeness (QED) is 0.523. The number of hydrogen-bond acceptors (Lipinski definition) is 2. The summed E-state index contributed by atoms with van der Waals surface area (Å²) in [7, 11) is 0. The molecule has 0 aliphatic rings. The van der Waals surface area contributed by atoms with Crippen LogP contribution in [0.2, 0.25) is 0 Å². The Kier molecular flexibility index (Phi) is 3.13. The first kappa shape index (κ1) is 14.8. The van der Waals surface area contributed by atoms with Gasteiger partial charge < -0.3 is 10.4 Å². The van der Waals surface area contributed by atoms with E-state index in [1.165, 1.54) is 0 Å². The van der Waals surface area contributed by atoms with Crippen LogP contribution in [0.15, 0.2) is 36.5 Å². The van der Waals surface area contributed by atoms with Crippen molar-refractivity contribution in [2.24, 2.45) is 5.41 Å². The van der Waals surface area contributed by atoms with Crippen LogP contribution in [0.4, 0.5) is 0 Å². The fourth-order valence-electron chi connectivity index (χ4n) is 2.94. The molecule has 0 spiro atoms. The van der Waals surface area contributed by atoms with Crippen LogP contribution in [0, 0.1) is 5.41 Å². The highest BCUT2D eigenvalue weighted by Gasteiger charge is 2.15. The number of rotatable bonds is 2. The van der Waals surface area contributed by atoms with E-state index in [-0.39, 0.29) is 11.3 Å². The third-order valence-electron chi connectivity index (χ3n) is 4.20. The van der Waals surface area contributed by atoms with Crippen LogP contribution in [-0.2, 0) is 0 Å². The van der Waals surface area contributed by atoms with Crippen LogP contribution in [0.1, 0.15) is 31.1 Å². The van der Waals surface area contributed by atoms with E-state index in [4.69, 9.17) is 4.98 Å². The second kappa shape index (κ2) is 5.09. The van der Waals surface area contributed by atoms with Gasteiger partial charge in [-0.25, -0.2) is 4.98 Å². The molecule has 0 bridgehead atoms. The smallest absolute Gasteiger partial charge is 0.251 e. The average Bonchev–Trinajstić information content (AvgIpc) is 3.14. The van der Waals surface area contributed by atoms with Gasteiger partial charge in [-0.1, -0.05) is 32.9 Å². The maximum atomic E-state index is 12.4. The monoisotopic (exact) mass is 320 g/mol. The van der Waals surface area contributed by atoms with Crippen molar-refractivity contribution in [2.45, 2.75) is 20.8 Å². The summed E-state index contributed by atoms with van der Waals surface area (Å²) in [6.45, 7) is 6.94. The predicted molar refractivity (Wildman–Crippen MR) is 97.2 cm³/mol. The number of H-pyrrole nitrogens is 2. The normalized spacial score (nSPS) is 12.3. The van der Waals surface area contributed by atoms with E-state index in [0.717, 1.165) is 32.7 Å². The number of carbonyl (C=O) groups excluding carboxylic acids is 1. The van der Waals surface area contributed by atoms with Crippen molar-refractivity contribution in [2.75, 3.05) is 6.54 Å². The Balaban J connectivity index is 1.79. The van der Waals surface area contributed by atoms with Crippen LogP contribution in [0.25, 0.3) is 32.7 Å². The molecule has 0 aliphatic heterocycles. The fourth-order valence-corrected chi connectivity index (χ4v) is 2.94. The number of carbonyl (C=O) groups is 1. The molecule has 0 atom stereocenters. The molecule has 4 rings (SSSR count). The van der Waals surface area contributed by atoms with Crippen LogP contribution in [0.5, 0.6) is 0 Å². The molecule has 5 nitrogen and oxygen atoms in total. The lowest BCUT2D eigenvalue weighted by Gasteiger charge is -2.18. The van der Waals surface area contributed by atoms with Crippen molar-refractivity contribution in [1.82, 2.24) is 20.5 Å². The zero-order chi connectivity index (χ0) is 16.9. The first-order chi connectivity index (χ1) is 11.4. The highest BCUT2D eigenvalue weighted by Crippen LogP contribution is 2.30. The summed E-state index contributed by atoms with van der Waals surface area (Å²) < 4.78 is 0. The van der Waals surface area contributed by atoms with E-state index in [9.17, 15) is 4.79 Å². The third-order valence-corrected chi connectivity index (χ3v) is 4.20. The summed E-state index contributed by atoms with van der Waals surface area (Å²) in [6, 6.07) is 9.80. The van der Waals surface area contributed by atoms with E-state index in [2.05, 4.69) is 48.4 Å². The topological polar surface area (TPSA) is 73.6 Å². The average molecular weight is 320 g/mol. The van der Waals surface area contributed by atoms with Gasteiger partial charge in [-0.2, -0.15) is 0 Å². The van der Waals surface area contributed by atoms with Gasteiger partial charge in [-0.3, -0.25) is 9.89 Å². The van der Waals surface area contributed by atoms with Gasteiger partial charge >= 0.3 is 0 Å². The summed E-state index contributed by atoms with van der Waals surface area (Å²) in [5.41, 5.74) is 3.54. The molecule has 0 unspecified atom stereocenters. The Morgan fingerprint density at radius 2 is 2.00 bits per heavy atom. The number of nitrogens with one attached hydrogen (secondary N) is 3. The van der Waals surface area contributed by atoms with Gasteiger partial charge in [0.15, 0.2) is 0 Å². The van der Waals surface area contributed by atoms with Crippen molar-refractivity contribution in [3.05, 3.63) is 42.1 Å². The molecule has 24 heavy (non-hydrogen) atoms. The molecule has 0 radical (unpaired) electrons. The molecule has 0 saturated carbocycles. The van der Waals surface area contributed by atoms with Gasteiger partial charge in [0.25, 0.3) is 5.91 Å². The molecule has 2 aromatic carbocycles. The van der Waals surface area contributed by atoms with Crippen LogP contribution in [-0.4, -0.2) is 27.6 Å². The summed E-state index contributed by atoms with van der Waals surface area (Å²) in [5, 5.41) is 12.3. The molecule has 0 aliphatic carbocycles. The van der Waals surface area contributed by atoms with Gasteiger partial charge in [0.05, 0.1) is 16.6 Å². The highest BCUT2D eigenvalue weighted by atomic mass is 16.1. The van der Waals surface area contributed by atoms with E-state index >= 15 is 0 Å². The molecule has 0 saturated heterocycles. The standard InChI is InChI=1S/C19H20N4O/c1-19(2,3)10-20-18(24)11-5-7-15-14(8-11)13-6-4-12-9-21-23-16(12)17(13)22-15/h4-9,21,23H,10H2,1-3H3,(H,20,24). The third kappa shape index (κ3) is 2.42. The van der Waals surface area contributed by atoms with E-state index < -0.39 is 0 Å². The van der Waals surface area contributed by atoms with Crippen molar-refractivity contribution in [1.29, 1.82) is 0 Å². The van der Waals surface area contributed by atoms with E-state index in [0.29, 0.717) is 12.1 Å². The largest absolute Gasteiger partial charge is 0.352 e. The second-order valence-corrected chi connectivity index (χ2v) is 7.43. The molecule has 2 heterocycles. The van der Waals surface area contributed by atoms with E-state index in [1.54, 1.807) is 0 Å². The molecular weight excluding hydrogens is 300 g/mol. The molecule has 122 valence electrons. The van der Waals surface area contributed by atoms with Crippen LogP contribution >= 0.6 is 0 Å². The molecule has 3 N–H and O–H groups in total. The van der Waals surface area contributed by atoms with Crippen molar-refractivity contribution >= 4 is 38.6 Å². The number of fused-ring (bicyclic) bond motifs is 5. The van der Waals surface area contributed by atoms with Crippen LogP contribution < -0.4 is 5.32 Å². The maximum absolute atomic E-state index is 12.4. The number of hydrogen-bond donors (Lipinski definition) is 3. The molecule has 1 amide bonds. The molecule has 4 aromatic rings. The summed E-state index contributed by atoms with van der Waals surface area (Å²) in [5.74, 6) is -0.0459. The number of aromatic amines is 2. The number of amides is 1. The lowest BCUT2D eigenvalue weighted by atomic mass is 9.97. The molecular formula is C19H20N4O. The Labute approximate surface area is 139 Å². The predicted octanol–water partition coefficient (Wildman–Crippen LogP) is 3.97. The van der Waals surface area contributed by atoms with E-state index in [1.807, 2.05) is 24.4 Å². The minimum Gasteiger partial charge on any atom is -0.352 e. The Hall–Kier alpha value is -2.82. The number of nitrogens with zero attached hydrogens (tertiary/aromatic N) is 1. The zero-order valence-corrected chi connectivity index (χ0v) is 14.0. The number of aromatic nitrogens is 3. The van der Waals surface area contributed by atoms with Gasteiger partial charge in [0.1, 0.15) is 0 Å². The lowest BCUT2D eigenvalue weighted by molar-refractivity contribution is 0.0939. The van der Waals surface area contributed by atoms with Crippen LogP contribution in [0.3, 0.4) is 0 Å². The second-order valence-electron chi connectivity index (χ2n) is 7.43. The minimum atomic E-state index is -0.0459. The highest BCUT2D eigenvalue weighted by molar-refractivity contribution is 6.16. The van der Waals surface area contributed by atoms with Gasteiger partial charge in [0.2, 0.25) is 0 Å². The molecule has 0 fully saturated rings. The van der Waals surface area contributed by atoms with Crippen molar-refractivity contribution < 1.29 is 4.79 Å². The summed E-state index contributed by atoms with van der Waals surface area (Å²) in [4.78, 5) is 17.1. The van der Waals surface area contributed by atoms with Gasteiger partial charge in [0, 0.05) is 34.5 Å². The van der Waals surface area contributed by atoms with Crippen molar-refractivity contribution in [3.8, 4) is 0 Å². The first-order valence-electron chi connectivity index (χ1n) is 8.08. The van der Waals surface area contributed by atoms with Gasteiger partial charge in [-0.05, 0) is 23.6 Å². The summed E-state index contributed by atoms with van der Waals surface area (Å²) >= 11 is 0. The zero-order valence-electron chi connectivity index (χ0n) is 14.0. The van der Waals surface area contributed by atoms with Gasteiger partial charge in [-0.15, -0.1) is 0 Å². The maximum Gasteiger partial charge on any atom is 0.251 e.